The number of halogens is 1. The Morgan fingerprint density at radius 2 is 1.91 bits per heavy atom. The second-order valence-corrected chi connectivity index (χ2v) is 4.54. The lowest BCUT2D eigenvalue weighted by Crippen LogP contribution is -2.25. The van der Waals surface area contributed by atoms with Gasteiger partial charge >= 0.3 is 0 Å². The van der Waals surface area contributed by atoms with E-state index in [1.54, 1.807) is 7.11 Å². The second kappa shape index (κ2) is 6.01. The summed E-state index contributed by atoms with van der Waals surface area (Å²) in [5.74, 6) is 0.597. The molecule has 68 valence electrons. The van der Waals surface area contributed by atoms with Crippen LogP contribution in [0.4, 0.5) is 0 Å². The van der Waals surface area contributed by atoms with Crippen LogP contribution in [-0.4, -0.2) is 18.0 Å². The summed E-state index contributed by atoms with van der Waals surface area (Å²) >= 11 is 3.57. The first kappa shape index (κ1) is 11.4. The van der Waals surface area contributed by atoms with Crippen LogP contribution in [0.2, 0.25) is 0 Å². The molecule has 3 atom stereocenters. The Balaban J connectivity index is 3.81. The minimum Gasteiger partial charge on any atom is -0.381 e. The summed E-state index contributed by atoms with van der Waals surface area (Å²) in [6.45, 7) is 6.59. The maximum Gasteiger partial charge on any atom is 0.0607 e. The largest absolute Gasteiger partial charge is 0.381 e. The van der Waals surface area contributed by atoms with Gasteiger partial charge in [-0.2, -0.15) is 0 Å². The van der Waals surface area contributed by atoms with Crippen LogP contribution in [0.25, 0.3) is 0 Å². The quantitative estimate of drug-likeness (QED) is 0.650. The molecule has 3 unspecified atom stereocenters. The standard InChI is InChI=1S/C9H19BrO/c1-5-6-9(11-4)7(2)8(3)10/h7-9H,5-6H2,1-4H3. The summed E-state index contributed by atoms with van der Waals surface area (Å²) in [6, 6.07) is 0. The van der Waals surface area contributed by atoms with E-state index in [1.165, 1.54) is 6.42 Å². The van der Waals surface area contributed by atoms with Crippen molar-refractivity contribution in [3.8, 4) is 0 Å². The maximum absolute atomic E-state index is 5.38. The van der Waals surface area contributed by atoms with E-state index in [-0.39, 0.29) is 0 Å². The fraction of sp³-hybridized carbons (Fsp3) is 1.00. The van der Waals surface area contributed by atoms with Crippen LogP contribution in [0.3, 0.4) is 0 Å². The van der Waals surface area contributed by atoms with Crippen LogP contribution in [0.15, 0.2) is 0 Å². The number of ether oxygens (including phenoxy) is 1. The summed E-state index contributed by atoms with van der Waals surface area (Å²) < 4.78 is 5.38. The van der Waals surface area contributed by atoms with Gasteiger partial charge in [-0.25, -0.2) is 0 Å². The van der Waals surface area contributed by atoms with Crippen molar-refractivity contribution in [3.05, 3.63) is 0 Å². The van der Waals surface area contributed by atoms with Crippen molar-refractivity contribution >= 4 is 15.9 Å². The first-order valence-electron chi connectivity index (χ1n) is 4.30. The van der Waals surface area contributed by atoms with E-state index in [2.05, 4.69) is 36.7 Å². The van der Waals surface area contributed by atoms with E-state index in [0.717, 1.165) is 6.42 Å². The number of hydrogen-bond acceptors (Lipinski definition) is 1. The third-order valence-electron chi connectivity index (χ3n) is 2.19. The smallest absolute Gasteiger partial charge is 0.0607 e. The average Bonchev–Trinajstić information content (AvgIpc) is 1.98. The topological polar surface area (TPSA) is 9.23 Å². The first-order valence-corrected chi connectivity index (χ1v) is 5.21. The van der Waals surface area contributed by atoms with E-state index in [1.807, 2.05) is 0 Å². The highest BCUT2D eigenvalue weighted by molar-refractivity contribution is 9.09. The van der Waals surface area contributed by atoms with E-state index in [4.69, 9.17) is 4.74 Å². The molecule has 0 amide bonds. The van der Waals surface area contributed by atoms with Crippen molar-refractivity contribution in [2.45, 2.75) is 44.5 Å². The van der Waals surface area contributed by atoms with Crippen LogP contribution in [0.1, 0.15) is 33.6 Å². The molecule has 0 aliphatic rings. The minimum atomic E-state index is 0.411. The number of rotatable bonds is 5. The molecule has 11 heavy (non-hydrogen) atoms. The van der Waals surface area contributed by atoms with Gasteiger partial charge in [0.25, 0.3) is 0 Å². The molecule has 0 aromatic heterocycles. The summed E-state index contributed by atoms with van der Waals surface area (Å²) in [4.78, 5) is 0.541. The van der Waals surface area contributed by atoms with Gasteiger partial charge in [-0.1, -0.05) is 43.1 Å². The van der Waals surface area contributed by atoms with Gasteiger partial charge in [0.1, 0.15) is 0 Å². The van der Waals surface area contributed by atoms with Gasteiger partial charge in [-0.15, -0.1) is 0 Å². The molecule has 0 aromatic carbocycles. The molecule has 0 fully saturated rings. The Labute approximate surface area is 78.6 Å². The molecular formula is C9H19BrO. The maximum atomic E-state index is 5.38. The van der Waals surface area contributed by atoms with E-state index in [9.17, 15) is 0 Å². The molecule has 0 saturated heterocycles. The zero-order valence-electron chi connectivity index (χ0n) is 7.93. The van der Waals surface area contributed by atoms with Crippen molar-refractivity contribution in [1.29, 1.82) is 0 Å². The van der Waals surface area contributed by atoms with E-state index < -0.39 is 0 Å². The Bertz CT molecular complexity index is 93.6. The molecular weight excluding hydrogens is 204 g/mol. The molecule has 0 spiro atoms. The molecule has 0 radical (unpaired) electrons. The number of methoxy groups -OCH3 is 1. The Morgan fingerprint density at radius 1 is 1.36 bits per heavy atom. The van der Waals surface area contributed by atoms with Crippen molar-refractivity contribution in [1.82, 2.24) is 0 Å². The monoisotopic (exact) mass is 222 g/mol. The third kappa shape index (κ3) is 4.12. The highest BCUT2D eigenvalue weighted by Gasteiger charge is 2.19. The van der Waals surface area contributed by atoms with Crippen molar-refractivity contribution in [3.63, 3.8) is 0 Å². The summed E-state index contributed by atoms with van der Waals surface area (Å²) in [6.07, 6.45) is 2.77. The molecule has 0 aliphatic heterocycles. The molecule has 0 saturated carbocycles. The lowest BCUT2D eigenvalue weighted by Gasteiger charge is -2.24. The van der Waals surface area contributed by atoms with Gasteiger partial charge in [0.15, 0.2) is 0 Å². The highest BCUT2D eigenvalue weighted by atomic mass is 79.9. The lowest BCUT2D eigenvalue weighted by molar-refractivity contribution is 0.0524. The molecule has 2 heteroatoms. The van der Waals surface area contributed by atoms with Crippen LogP contribution in [0, 0.1) is 5.92 Å². The highest BCUT2D eigenvalue weighted by Crippen LogP contribution is 2.20. The predicted octanol–water partition coefficient (Wildman–Crippen LogP) is 3.22. The first-order chi connectivity index (χ1) is 5.13. The molecule has 1 nitrogen and oxygen atoms in total. The Morgan fingerprint density at radius 3 is 2.18 bits per heavy atom. The molecule has 0 aromatic rings. The average molecular weight is 223 g/mol. The van der Waals surface area contributed by atoms with Crippen LogP contribution >= 0.6 is 15.9 Å². The molecule has 0 bridgehead atoms. The Kier molecular flexibility index (Phi) is 6.25. The number of alkyl halides is 1. The zero-order valence-corrected chi connectivity index (χ0v) is 9.52. The molecule has 0 N–H and O–H groups in total. The van der Waals surface area contributed by atoms with Crippen molar-refractivity contribution in [2.75, 3.05) is 7.11 Å². The molecule has 0 aliphatic carbocycles. The SMILES string of the molecule is CCCC(OC)C(C)C(C)Br. The summed E-state index contributed by atoms with van der Waals surface area (Å²) in [7, 11) is 1.80. The predicted molar refractivity (Wildman–Crippen MR) is 53.3 cm³/mol. The van der Waals surface area contributed by atoms with Gasteiger partial charge in [0.2, 0.25) is 0 Å². The van der Waals surface area contributed by atoms with Gasteiger partial charge in [0.05, 0.1) is 6.10 Å². The minimum absolute atomic E-state index is 0.411. The van der Waals surface area contributed by atoms with Crippen molar-refractivity contribution < 1.29 is 4.74 Å². The van der Waals surface area contributed by atoms with Gasteiger partial charge in [-0.05, 0) is 12.3 Å². The van der Waals surface area contributed by atoms with Crippen LogP contribution in [0.5, 0.6) is 0 Å². The van der Waals surface area contributed by atoms with E-state index in [0.29, 0.717) is 16.8 Å². The summed E-state index contributed by atoms with van der Waals surface area (Å²) in [5.41, 5.74) is 0. The van der Waals surface area contributed by atoms with Gasteiger partial charge < -0.3 is 4.74 Å². The number of hydrogen-bond donors (Lipinski definition) is 0. The normalized spacial score (nSPS) is 19.4. The molecule has 0 heterocycles. The zero-order chi connectivity index (χ0) is 8.85. The van der Waals surface area contributed by atoms with Crippen molar-refractivity contribution in [2.24, 2.45) is 5.92 Å². The van der Waals surface area contributed by atoms with Crippen LogP contribution < -0.4 is 0 Å². The van der Waals surface area contributed by atoms with Gasteiger partial charge in [0, 0.05) is 11.9 Å². The van der Waals surface area contributed by atoms with E-state index >= 15 is 0 Å². The lowest BCUT2D eigenvalue weighted by atomic mass is 9.98. The fourth-order valence-corrected chi connectivity index (χ4v) is 1.52. The Hall–Kier alpha value is 0.440. The summed E-state index contributed by atoms with van der Waals surface area (Å²) in [5, 5.41) is 0. The second-order valence-electron chi connectivity index (χ2n) is 3.10. The van der Waals surface area contributed by atoms with Crippen LogP contribution in [-0.2, 0) is 4.74 Å². The molecule has 0 rings (SSSR count). The fourth-order valence-electron chi connectivity index (χ4n) is 1.18. The van der Waals surface area contributed by atoms with Gasteiger partial charge in [-0.3, -0.25) is 0 Å². The third-order valence-corrected chi connectivity index (χ3v) is 3.02.